The maximum Gasteiger partial charge on any atom is 0.338 e. The van der Waals surface area contributed by atoms with E-state index in [-0.39, 0.29) is 6.29 Å². The van der Waals surface area contributed by atoms with Gasteiger partial charge in [-0.05, 0) is 12.1 Å². The van der Waals surface area contributed by atoms with E-state index in [1.54, 1.807) is 0 Å². The Morgan fingerprint density at radius 2 is 1.92 bits per heavy atom. The second kappa shape index (κ2) is 3.30. The molecule has 68 valence electrons. The van der Waals surface area contributed by atoms with Crippen LogP contribution in [-0.4, -0.2) is 17.4 Å². The van der Waals surface area contributed by atoms with Crippen LogP contribution in [0.4, 0.5) is 8.78 Å². The van der Waals surface area contributed by atoms with Crippen LogP contribution in [0.1, 0.15) is 20.7 Å². The zero-order valence-corrected chi connectivity index (χ0v) is 6.25. The lowest BCUT2D eigenvalue weighted by atomic mass is 10.1. The third kappa shape index (κ3) is 1.69. The molecule has 0 fully saturated rings. The van der Waals surface area contributed by atoms with Gasteiger partial charge in [0.05, 0.1) is 11.1 Å². The zero-order valence-electron chi connectivity index (χ0n) is 6.25. The van der Waals surface area contributed by atoms with Crippen LogP contribution in [0.25, 0.3) is 0 Å². The maximum absolute atomic E-state index is 12.8. The summed E-state index contributed by atoms with van der Waals surface area (Å²) in [6.07, 6.45) is 0.115. The van der Waals surface area contributed by atoms with Crippen molar-refractivity contribution in [3.8, 4) is 0 Å². The molecule has 0 spiro atoms. The van der Waals surface area contributed by atoms with E-state index in [1.807, 2.05) is 0 Å². The molecule has 0 aliphatic carbocycles. The molecule has 13 heavy (non-hydrogen) atoms. The lowest BCUT2D eigenvalue weighted by Gasteiger charge is -1.99. The molecule has 5 heteroatoms. The third-order valence-electron chi connectivity index (χ3n) is 1.44. The standard InChI is InChI=1S/C8H4F2O3/c9-6-2-5(8(12)13)7(10)1-4(6)3-11/h1-3H,(H,12,13). The highest BCUT2D eigenvalue weighted by molar-refractivity contribution is 5.89. The first kappa shape index (κ1) is 9.31. The number of carbonyl (C=O) groups excluding carboxylic acids is 1. The Bertz CT molecular complexity index is 374. The van der Waals surface area contributed by atoms with Crippen LogP contribution < -0.4 is 0 Å². The van der Waals surface area contributed by atoms with Crippen molar-refractivity contribution in [1.29, 1.82) is 0 Å². The fourth-order valence-electron chi connectivity index (χ4n) is 0.816. The van der Waals surface area contributed by atoms with Crippen molar-refractivity contribution in [3.63, 3.8) is 0 Å². The molecular weight excluding hydrogens is 182 g/mol. The van der Waals surface area contributed by atoms with E-state index in [1.165, 1.54) is 0 Å². The summed E-state index contributed by atoms with van der Waals surface area (Å²) in [5.74, 6) is -3.75. The normalized spacial score (nSPS) is 9.69. The topological polar surface area (TPSA) is 54.4 Å². The molecule has 1 aromatic rings. The minimum Gasteiger partial charge on any atom is -0.478 e. The zero-order chi connectivity index (χ0) is 10.0. The van der Waals surface area contributed by atoms with Gasteiger partial charge in [-0.1, -0.05) is 0 Å². The number of aromatic carboxylic acids is 1. The predicted molar refractivity (Wildman–Crippen MR) is 38.7 cm³/mol. The summed E-state index contributed by atoms with van der Waals surface area (Å²) in [6.45, 7) is 0. The Morgan fingerprint density at radius 3 is 2.38 bits per heavy atom. The number of hydrogen-bond donors (Lipinski definition) is 1. The molecule has 0 atom stereocenters. The number of carboxylic acid groups (broad SMARTS) is 1. The van der Waals surface area contributed by atoms with E-state index < -0.39 is 28.7 Å². The largest absolute Gasteiger partial charge is 0.478 e. The number of carbonyl (C=O) groups is 2. The highest BCUT2D eigenvalue weighted by Gasteiger charge is 2.14. The fraction of sp³-hybridized carbons (Fsp3) is 0. The van der Waals surface area contributed by atoms with Gasteiger partial charge < -0.3 is 5.11 Å². The average molecular weight is 186 g/mol. The number of halogens is 2. The molecule has 1 aromatic carbocycles. The number of rotatable bonds is 2. The van der Waals surface area contributed by atoms with Crippen molar-refractivity contribution < 1.29 is 23.5 Å². The Hall–Kier alpha value is -1.78. The van der Waals surface area contributed by atoms with E-state index in [0.29, 0.717) is 12.1 Å². The molecule has 1 N–H and O–H groups in total. The Labute approximate surface area is 71.6 Å². The van der Waals surface area contributed by atoms with Crippen molar-refractivity contribution in [2.24, 2.45) is 0 Å². The molecule has 0 saturated heterocycles. The van der Waals surface area contributed by atoms with Crippen LogP contribution in [0.2, 0.25) is 0 Å². The first-order chi connectivity index (χ1) is 6.06. The molecule has 0 unspecified atom stereocenters. The molecule has 3 nitrogen and oxygen atoms in total. The van der Waals surface area contributed by atoms with Gasteiger partial charge >= 0.3 is 5.97 Å². The van der Waals surface area contributed by atoms with Gasteiger partial charge in [0.25, 0.3) is 0 Å². The van der Waals surface area contributed by atoms with Crippen molar-refractivity contribution >= 4 is 12.3 Å². The summed E-state index contributed by atoms with van der Waals surface area (Å²) in [7, 11) is 0. The lowest BCUT2D eigenvalue weighted by Crippen LogP contribution is -2.03. The number of aldehydes is 1. The summed E-state index contributed by atoms with van der Waals surface area (Å²) >= 11 is 0. The van der Waals surface area contributed by atoms with Crippen molar-refractivity contribution in [2.75, 3.05) is 0 Å². The van der Waals surface area contributed by atoms with E-state index in [2.05, 4.69) is 0 Å². The van der Waals surface area contributed by atoms with Gasteiger partial charge in [0.1, 0.15) is 11.6 Å². The third-order valence-corrected chi connectivity index (χ3v) is 1.44. The van der Waals surface area contributed by atoms with Crippen LogP contribution in [0.3, 0.4) is 0 Å². The van der Waals surface area contributed by atoms with Crippen molar-refractivity contribution in [1.82, 2.24) is 0 Å². The van der Waals surface area contributed by atoms with Gasteiger partial charge in [0.15, 0.2) is 6.29 Å². The minimum atomic E-state index is -1.58. The molecule has 0 radical (unpaired) electrons. The molecule has 0 aromatic heterocycles. The van der Waals surface area contributed by atoms with E-state index in [9.17, 15) is 18.4 Å². The van der Waals surface area contributed by atoms with Crippen molar-refractivity contribution in [2.45, 2.75) is 0 Å². The van der Waals surface area contributed by atoms with E-state index >= 15 is 0 Å². The molecule has 0 aliphatic heterocycles. The second-order valence-electron chi connectivity index (χ2n) is 2.28. The highest BCUT2D eigenvalue weighted by Crippen LogP contribution is 2.13. The van der Waals surface area contributed by atoms with Gasteiger partial charge in [-0.3, -0.25) is 4.79 Å². The number of hydrogen-bond acceptors (Lipinski definition) is 2. The fourth-order valence-corrected chi connectivity index (χ4v) is 0.816. The van der Waals surface area contributed by atoms with Crippen LogP contribution in [0.5, 0.6) is 0 Å². The summed E-state index contributed by atoms with van der Waals surface area (Å²) in [5.41, 5.74) is -1.29. The molecular formula is C8H4F2O3. The average Bonchev–Trinajstić information content (AvgIpc) is 2.07. The van der Waals surface area contributed by atoms with E-state index in [0.717, 1.165) is 0 Å². The molecule has 0 amide bonds. The van der Waals surface area contributed by atoms with Crippen LogP contribution in [0.15, 0.2) is 12.1 Å². The smallest absolute Gasteiger partial charge is 0.338 e. The lowest BCUT2D eigenvalue weighted by molar-refractivity contribution is 0.0690. The molecule has 0 saturated carbocycles. The molecule has 0 heterocycles. The monoisotopic (exact) mass is 186 g/mol. The van der Waals surface area contributed by atoms with Crippen LogP contribution in [0, 0.1) is 11.6 Å². The van der Waals surface area contributed by atoms with Crippen LogP contribution in [-0.2, 0) is 0 Å². The quantitative estimate of drug-likeness (QED) is 0.711. The SMILES string of the molecule is O=Cc1cc(F)c(C(=O)O)cc1F. The molecule has 0 aliphatic rings. The van der Waals surface area contributed by atoms with Gasteiger partial charge in [-0.2, -0.15) is 0 Å². The number of benzene rings is 1. The van der Waals surface area contributed by atoms with Gasteiger partial charge in [0, 0.05) is 0 Å². The van der Waals surface area contributed by atoms with E-state index in [4.69, 9.17) is 5.11 Å². The Morgan fingerprint density at radius 1 is 1.31 bits per heavy atom. The van der Waals surface area contributed by atoms with Gasteiger partial charge in [0.2, 0.25) is 0 Å². The number of carboxylic acids is 1. The van der Waals surface area contributed by atoms with Gasteiger partial charge in [-0.15, -0.1) is 0 Å². The summed E-state index contributed by atoms with van der Waals surface area (Å²) < 4.78 is 25.5. The Kier molecular flexibility index (Phi) is 2.36. The van der Waals surface area contributed by atoms with Crippen LogP contribution >= 0.6 is 0 Å². The summed E-state index contributed by atoms with van der Waals surface area (Å²) in [4.78, 5) is 20.4. The molecule has 0 bridgehead atoms. The maximum atomic E-state index is 12.8. The minimum absolute atomic E-state index is 0.115. The van der Waals surface area contributed by atoms with Crippen molar-refractivity contribution in [3.05, 3.63) is 34.9 Å². The first-order valence-electron chi connectivity index (χ1n) is 3.23. The first-order valence-corrected chi connectivity index (χ1v) is 3.23. The summed E-state index contributed by atoms with van der Waals surface area (Å²) in [6, 6.07) is 1.02. The molecule has 1 rings (SSSR count). The summed E-state index contributed by atoms with van der Waals surface area (Å²) in [5, 5.41) is 8.36. The predicted octanol–water partition coefficient (Wildman–Crippen LogP) is 1.48. The second-order valence-corrected chi connectivity index (χ2v) is 2.28. The van der Waals surface area contributed by atoms with Gasteiger partial charge in [-0.25, -0.2) is 13.6 Å². The Balaban J connectivity index is 3.36. The highest BCUT2D eigenvalue weighted by atomic mass is 19.1.